The number of nitrogens with one attached hydrogen (secondary N) is 1. The molecule has 0 aliphatic carbocycles. The van der Waals surface area contributed by atoms with Crippen molar-refractivity contribution in [2.75, 3.05) is 0 Å². The molecule has 2 heterocycles. The first-order valence-electron chi connectivity index (χ1n) is 7.59. The maximum Gasteiger partial charge on any atom is 0.326 e. The van der Waals surface area contributed by atoms with Crippen LogP contribution in [0, 0.1) is 11.6 Å². The normalized spacial score (nSPS) is 11.3. The van der Waals surface area contributed by atoms with Crippen LogP contribution in [0.25, 0.3) is 33.9 Å². The Morgan fingerprint density at radius 3 is 2.68 bits per heavy atom. The van der Waals surface area contributed by atoms with E-state index in [1.54, 1.807) is 22.8 Å². The van der Waals surface area contributed by atoms with Crippen molar-refractivity contribution in [1.82, 2.24) is 19.7 Å². The molecule has 0 fully saturated rings. The largest absolute Gasteiger partial charge is 0.334 e. The fourth-order valence-corrected chi connectivity index (χ4v) is 2.70. The Bertz CT molecular complexity index is 1140. The van der Waals surface area contributed by atoms with E-state index >= 15 is 0 Å². The molecule has 0 saturated carbocycles. The third kappa shape index (κ3) is 2.51. The Morgan fingerprint density at radius 2 is 1.92 bits per heavy atom. The van der Waals surface area contributed by atoms with Crippen molar-refractivity contribution < 1.29 is 13.3 Å². The number of fused-ring (bicyclic) bond motifs is 1. The van der Waals surface area contributed by atoms with Gasteiger partial charge in [-0.1, -0.05) is 5.16 Å². The molecular formula is C17H12F2N4O2. The van der Waals surface area contributed by atoms with E-state index in [4.69, 9.17) is 4.52 Å². The highest BCUT2D eigenvalue weighted by Crippen LogP contribution is 2.25. The molecular weight excluding hydrogens is 330 g/mol. The zero-order chi connectivity index (χ0) is 17.6. The predicted molar refractivity (Wildman–Crippen MR) is 86.9 cm³/mol. The summed E-state index contributed by atoms with van der Waals surface area (Å²) in [4.78, 5) is 18.8. The molecule has 2 aromatic heterocycles. The predicted octanol–water partition coefficient (Wildman–Crippen LogP) is 3.34. The van der Waals surface area contributed by atoms with E-state index in [9.17, 15) is 13.6 Å². The third-order valence-corrected chi connectivity index (χ3v) is 3.94. The van der Waals surface area contributed by atoms with Crippen LogP contribution in [0.1, 0.15) is 6.92 Å². The Morgan fingerprint density at radius 1 is 1.12 bits per heavy atom. The molecule has 8 heteroatoms. The summed E-state index contributed by atoms with van der Waals surface area (Å²) in [5, 5.41) is 3.87. The monoisotopic (exact) mass is 342 g/mol. The fraction of sp³-hybridized carbons (Fsp3) is 0.118. The Hall–Kier alpha value is -3.29. The van der Waals surface area contributed by atoms with Gasteiger partial charge in [0, 0.05) is 17.7 Å². The number of halogens is 2. The van der Waals surface area contributed by atoms with Crippen molar-refractivity contribution in [3.8, 4) is 22.8 Å². The minimum atomic E-state index is -0.989. The van der Waals surface area contributed by atoms with E-state index in [1.165, 1.54) is 6.07 Å². The van der Waals surface area contributed by atoms with Gasteiger partial charge in [0.1, 0.15) is 0 Å². The highest BCUT2D eigenvalue weighted by atomic mass is 19.2. The van der Waals surface area contributed by atoms with Crippen molar-refractivity contribution >= 4 is 11.0 Å². The van der Waals surface area contributed by atoms with Crippen LogP contribution in [0.15, 0.2) is 45.7 Å². The lowest BCUT2D eigenvalue weighted by Crippen LogP contribution is -2.14. The summed E-state index contributed by atoms with van der Waals surface area (Å²) in [6.07, 6.45) is 0. The fourth-order valence-electron chi connectivity index (χ4n) is 2.70. The lowest BCUT2D eigenvalue weighted by atomic mass is 10.2. The van der Waals surface area contributed by atoms with Gasteiger partial charge in [-0.2, -0.15) is 4.98 Å². The third-order valence-electron chi connectivity index (χ3n) is 3.94. The molecule has 0 aliphatic rings. The van der Waals surface area contributed by atoms with Crippen LogP contribution in [0.3, 0.4) is 0 Å². The van der Waals surface area contributed by atoms with Crippen LogP contribution in [-0.2, 0) is 6.54 Å². The smallest absolute Gasteiger partial charge is 0.326 e. The summed E-state index contributed by atoms with van der Waals surface area (Å²) < 4.78 is 33.1. The average molecular weight is 342 g/mol. The first kappa shape index (κ1) is 15.3. The summed E-state index contributed by atoms with van der Waals surface area (Å²) in [7, 11) is 0. The van der Waals surface area contributed by atoms with Gasteiger partial charge in [-0.15, -0.1) is 0 Å². The van der Waals surface area contributed by atoms with Crippen LogP contribution in [0.4, 0.5) is 8.78 Å². The average Bonchev–Trinajstić information content (AvgIpc) is 3.20. The second-order valence-electron chi connectivity index (χ2n) is 5.46. The lowest BCUT2D eigenvalue weighted by molar-refractivity contribution is 0.431. The van der Waals surface area contributed by atoms with E-state index in [-0.39, 0.29) is 23.0 Å². The minimum absolute atomic E-state index is 0.0774. The molecule has 0 aliphatic heterocycles. The second-order valence-corrected chi connectivity index (χ2v) is 5.46. The standard InChI is InChI=1S/C17H12F2N4O2/c1-2-23-14-6-4-9(8-13(14)20-17(23)24)15-21-16(25-22-15)10-3-5-11(18)12(19)7-10/h3-8H,2H2,1H3,(H,20,24). The molecule has 0 atom stereocenters. The maximum absolute atomic E-state index is 13.3. The van der Waals surface area contributed by atoms with Crippen LogP contribution >= 0.6 is 0 Å². The number of rotatable bonds is 3. The molecule has 0 bridgehead atoms. The van der Waals surface area contributed by atoms with Crippen molar-refractivity contribution in [2.24, 2.45) is 0 Å². The molecule has 0 amide bonds. The molecule has 0 radical (unpaired) electrons. The Balaban J connectivity index is 1.75. The van der Waals surface area contributed by atoms with Crippen molar-refractivity contribution in [2.45, 2.75) is 13.5 Å². The number of aromatic nitrogens is 4. The van der Waals surface area contributed by atoms with Gasteiger partial charge in [0.2, 0.25) is 5.82 Å². The molecule has 0 unspecified atom stereocenters. The lowest BCUT2D eigenvalue weighted by Gasteiger charge is -1.99. The number of hydrogen-bond acceptors (Lipinski definition) is 4. The second kappa shape index (κ2) is 5.66. The molecule has 0 spiro atoms. The van der Waals surface area contributed by atoms with Crippen LogP contribution in [0.5, 0.6) is 0 Å². The zero-order valence-corrected chi connectivity index (χ0v) is 13.1. The van der Waals surface area contributed by atoms with E-state index in [0.29, 0.717) is 17.6 Å². The van der Waals surface area contributed by atoms with E-state index in [0.717, 1.165) is 17.6 Å². The minimum Gasteiger partial charge on any atom is -0.334 e. The first-order valence-corrected chi connectivity index (χ1v) is 7.59. The Kier molecular flexibility index (Phi) is 3.45. The molecule has 2 aromatic carbocycles. The van der Waals surface area contributed by atoms with Gasteiger partial charge >= 0.3 is 5.69 Å². The van der Waals surface area contributed by atoms with E-state index in [2.05, 4.69) is 15.1 Å². The number of aryl methyl sites for hydroxylation is 1. The number of imidazole rings is 1. The topological polar surface area (TPSA) is 76.7 Å². The summed E-state index contributed by atoms with van der Waals surface area (Å²) >= 11 is 0. The highest BCUT2D eigenvalue weighted by molar-refractivity contribution is 5.80. The van der Waals surface area contributed by atoms with Crippen LogP contribution in [0.2, 0.25) is 0 Å². The van der Waals surface area contributed by atoms with Gasteiger partial charge in [0.25, 0.3) is 5.89 Å². The van der Waals surface area contributed by atoms with Gasteiger partial charge in [0.15, 0.2) is 11.6 Å². The van der Waals surface area contributed by atoms with Gasteiger partial charge < -0.3 is 9.51 Å². The number of H-pyrrole nitrogens is 1. The van der Waals surface area contributed by atoms with Gasteiger partial charge in [-0.25, -0.2) is 13.6 Å². The van der Waals surface area contributed by atoms with E-state index in [1.807, 2.05) is 6.92 Å². The molecule has 126 valence electrons. The SMILES string of the molecule is CCn1c(=O)[nH]c2cc(-c3noc(-c4ccc(F)c(F)c4)n3)ccc21. The van der Waals surface area contributed by atoms with Gasteiger partial charge in [0.05, 0.1) is 11.0 Å². The summed E-state index contributed by atoms with van der Waals surface area (Å²) in [6.45, 7) is 2.44. The summed E-state index contributed by atoms with van der Waals surface area (Å²) in [5.41, 5.74) is 2.16. The van der Waals surface area contributed by atoms with Crippen molar-refractivity contribution in [3.63, 3.8) is 0 Å². The quantitative estimate of drug-likeness (QED) is 0.619. The molecule has 1 N–H and O–H groups in total. The molecule has 4 rings (SSSR count). The maximum atomic E-state index is 13.3. The molecule has 25 heavy (non-hydrogen) atoms. The van der Waals surface area contributed by atoms with Crippen LogP contribution in [-0.4, -0.2) is 19.7 Å². The van der Waals surface area contributed by atoms with Gasteiger partial charge in [-0.05, 0) is 43.3 Å². The Labute approximate surface area is 139 Å². The van der Waals surface area contributed by atoms with Crippen molar-refractivity contribution in [1.29, 1.82) is 0 Å². The van der Waals surface area contributed by atoms with Crippen molar-refractivity contribution in [3.05, 3.63) is 58.5 Å². The van der Waals surface area contributed by atoms with Gasteiger partial charge in [-0.3, -0.25) is 4.57 Å². The number of benzene rings is 2. The molecule has 4 aromatic rings. The first-order chi connectivity index (χ1) is 12.1. The summed E-state index contributed by atoms with van der Waals surface area (Å²) in [5.74, 6) is -1.57. The summed E-state index contributed by atoms with van der Waals surface area (Å²) in [6, 6.07) is 8.65. The van der Waals surface area contributed by atoms with Crippen LogP contribution < -0.4 is 5.69 Å². The zero-order valence-electron chi connectivity index (χ0n) is 13.1. The molecule has 0 saturated heterocycles. The number of hydrogen-bond donors (Lipinski definition) is 1. The van der Waals surface area contributed by atoms with E-state index < -0.39 is 11.6 Å². The molecule has 6 nitrogen and oxygen atoms in total. The number of nitrogens with zero attached hydrogens (tertiary/aromatic N) is 3. The number of aromatic amines is 1. The highest BCUT2D eigenvalue weighted by Gasteiger charge is 2.14.